The molecule has 0 spiro atoms. The van der Waals surface area contributed by atoms with Gasteiger partial charge in [-0.3, -0.25) is 0 Å². The zero-order valence-corrected chi connectivity index (χ0v) is 23.7. The molecule has 0 N–H and O–H groups in total. The SMILES string of the molecule is Cc1c(C)c(C)[c-](C)c1C.Cc1cc2c(C(C)C)cc(C(C)C)cc2[cH-]1.[Cl-].[Cl-].[Zr+4]. The first-order valence-electron chi connectivity index (χ1n) is 9.95. The van der Waals surface area contributed by atoms with Crippen LogP contribution in [0.15, 0.2) is 24.3 Å². The second-order valence-corrected chi connectivity index (χ2v) is 8.58. The Balaban J connectivity index is 0. The summed E-state index contributed by atoms with van der Waals surface area (Å²) in [5.41, 5.74) is 11.7. The minimum atomic E-state index is 0. The zero-order valence-electron chi connectivity index (χ0n) is 19.7. The van der Waals surface area contributed by atoms with E-state index in [1.54, 1.807) is 0 Å². The number of hydrogen-bond donors (Lipinski definition) is 0. The molecule has 3 aromatic rings. The van der Waals surface area contributed by atoms with E-state index in [1.807, 2.05) is 0 Å². The Morgan fingerprint density at radius 1 is 0.759 bits per heavy atom. The molecule has 0 aliphatic carbocycles. The van der Waals surface area contributed by atoms with Crippen molar-refractivity contribution < 1.29 is 51.0 Å². The average Bonchev–Trinajstić information content (AvgIpc) is 3.03. The molecule has 3 rings (SSSR count). The zero-order chi connectivity index (χ0) is 19.8. The van der Waals surface area contributed by atoms with Gasteiger partial charge in [-0.1, -0.05) is 86.4 Å². The van der Waals surface area contributed by atoms with Crippen LogP contribution in [-0.2, 0) is 26.2 Å². The fourth-order valence-corrected chi connectivity index (χ4v) is 3.74. The molecule has 0 atom stereocenters. The number of hydrogen-bond acceptors (Lipinski definition) is 0. The molecule has 0 bridgehead atoms. The minimum Gasteiger partial charge on any atom is -1.00 e. The second kappa shape index (κ2) is 12.5. The third-order valence-electron chi connectivity index (χ3n) is 6.12. The van der Waals surface area contributed by atoms with Crippen LogP contribution in [0.1, 0.15) is 84.0 Å². The van der Waals surface area contributed by atoms with Gasteiger partial charge in [0.1, 0.15) is 0 Å². The largest absolute Gasteiger partial charge is 4.00 e. The first kappa shape index (κ1) is 30.8. The Morgan fingerprint density at radius 3 is 1.59 bits per heavy atom. The van der Waals surface area contributed by atoms with Gasteiger partial charge >= 0.3 is 26.2 Å². The maximum absolute atomic E-state index is 2.39. The van der Waals surface area contributed by atoms with Crippen LogP contribution in [0.5, 0.6) is 0 Å². The van der Waals surface area contributed by atoms with Crippen molar-refractivity contribution in [3.63, 3.8) is 0 Å². The summed E-state index contributed by atoms with van der Waals surface area (Å²) in [6, 6.07) is 9.35. The van der Waals surface area contributed by atoms with Gasteiger partial charge in [-0.05, 0) is 11.8 Å². The van der Waals surface area contributed by atoms with Crippen molar-refractivity contribution in [1.29, 1.82) is 0 Å². The Labute approximate surface area is 210 Å². The Morgan fingerprint density at radius 2 is 1.24 bits per heavy atom. The summed E-state index contributed by atoms with van der Waals surface area (Å²) in [4.78, 5) is 0. The molecule has 0 unspecified atom stereocenters. The first-order chi connectivity index (χ1) is 12.0. The number of rotatable bonds is 2. The molecule has 0 aliphatic rings. The molecule has 3 heteroatoms. The third kappa shape index (κ3) is 6.82. The van der Waals surface area contributed by atoms with Crippen LogP contribution in [0.25, 0.3) is 10.8 Å². The molecule has 0 amide bonds. The topological polar surface area (TPSA) is 0 Å². The van der Waals surface area contributed by atoms with Crippen LogP contribution < -0.4 is 24.8 Å². The molecule has 0 nitrogen and oxygen atoms in total. The molecule has 0 fully saturated rings. The molecular formula is C26H36Cl2Zr. The van der Waals surface area contributed by atoms with Crippen LogP contribution in [0, 0.1) is 41.5 Å². The summed E-state index contributed by atoms with van der Waals surface area (Å²) in [6.07, 6.45) is 0. The molecule has 0 saturated heterocycles. The van der Waals surface area contributed by atoms with Crippen molar-refractivity contribution in [1.82, 2.24) is 0 Å². The molecule has 3 aromatic carbocycles. The van der Waals surface area contributed by atoms with Gasteiger partial charge < -0.3 is 24.8 Å². The van der Waals surface area contributed by atoms with Crippen molar-refractivity contribution in [3.05, 3.63) is 68.8 Å². The maximum Gasteiger partial charge on any atom is 4.00 e. The quantitative estimate of drug-likeness (QED) is 0.463. The summed E-state index contributed by atoms with van der Waals surface area (Å²) in [5.74, 6) is 1.21. The van der Waals surface area contributed by atoms with Crippen molar-refractivity contribution in [2.75, 3.05) is 0 Å². The van der Waals surface area contributed by atoms with Gasteiger partial charge in [0, 0.05) is 0 Å². The van der Waals surface area contributed by atoms with Gasteiger partial charge in [0.15, 0.2) is 0 Å². The number of benzene rings is 1. The molecule has 0 radical (unpaired) electrons. The number of fused-ring (bicyclic) bond motifs is 1. The predicted molar refractivity (Wildman–Crippen MR) is 118 cm³/mol. The Kier molecular flexibility index (Phi) is 13.3. The van der Waals surface area contributed by atoms with E-state index in [2.05, 4.69) is 93.5 Å². The van der Waals surface area contributed by atoms with Crippen LogP contribution in [0.2, 0.25) is 0 Å². The van der Waals surface area contributed by atoms with E-state index in [9.17, 15) is 0 Å². The van der Waals surface area contributed by atoms with Crippen LogP contribution in [0.4, 0.5) is 0 Å². The molecule has 29 heavy (non-hydrogen) atoms. The van der Waals surface area contributed by atoms with Gasteiger partial charge in [-0.2, -0.15) is 33.9 Å². The molecule has 0 aliphatic heterocycles. The van der Waals surface area contributed by atoms with Gasteiger partial charge in [0.05, 0.1) is 0 Å². The van der Waals surface area contributed by atoms with Gasteiger partial charge in [0.25, 0.3) is 0 Å². The monoisotopic (exact) mass is 508 g/mol. The fourth-order valence-electron chi connectivity index (χ4n) is 3.74. The number of halogens is 2. The smallest absolute Gasteiger partial charge is 1.00 e. The summed E-state index contributed by atoms with van der Waals surface area (Å²) in [7, 11) is 0. The van der Waals surface area contributed by atoms with E-state index in [-0.39, 0.29) is 51.0 Å². The van der Waals surface area contributed by atoms with Gasteiger partial charge in [0.2, 0.25) is 0 Å². The van der Waals surface area contributed by atoms with E-state index in [0.29, 0.717) is 11.8 Å². The van der Waals surface area contributed by atoms with Crippen molar-refractivity contribution >= 4 is 10.8 Å². The molecule has 0 aromatic heterocycles. The number of aryl methyl sites for hydroxylation is 1. The van der Waals surface area contributed by atoms with Crippen LogP contribution in [0.3, 0.4) is 0 Å². The first-order valence-corrected chi connectivity index (χ1v) is 9.95. The van der Waals surface area contributed by atoms with E-state index < -0.39 is 0 Å². The van der Waals surface area contributed by atoms with Crippen molar-refractivity contribution in [2.45, 2.75) is 81.1 Å². The molecule has 0 saturated carbocycles. The van der Waals surface area contributed by atoms with Gasteiger partial charge in [-0.15, -0.1) is 28.5 Å². The Bertz CT molecular complexity index is 831. The second-order valence-electron chi connectivity index (χ2n) is 8.58. The van der Waals surface area contributed by atoms with E-state index in [0.717, 1.165) is 0 Å². The van der Waals surface area contributed by atoms with E-state index in [1.165, 1.54) is 55.3 Å². The molecule has 0 heterocycles. The summed E-state index contributed by atoms with van der Waals surface area (Å²) in [5, 5.41) is 2.85. The van der Waals surface area contributed by atoms with E-state index in [4.69, 9.17) is 0 Å². The average molecular weight is 511 g/mol. The maximum atomic E-state index is 2.39. The van der Waals surface area contributed by atoms with Crippen LogP contribution in [-0.4, -0.2) is 0 Å². The Hall–Kier alpha value is -0.357. The fraction of sp³-hybridized carbons (Fsp3) is 0.462. The summed E-state index contributed by atoms with van der Waals surface area (Å²) >= 11 is 0. The predicted octanol–water partition coefficient (Wildman–Crippen LogP) is 2.07. The normalized spacial score (nSPS) is 10.2. The minimum absolute atomic E-state index is 0. The molecule has 158 valence electrons. The van der Waals surface area contributed by atoms with Crippen molar-refractivity contribution in [2.24, 2.45) is 0 Å². The van der Waals surface area contributed by atoms with Gasteiger partial charge in [-0.25, -0.2) is 0 Å². The summed E-state index contributed by atoms with van der Waals surface area (Å²) in [6.45, 7) is 22.3. The standard InChI is InChI=1S/C16H21.C10H15.2ClH.Zr/c1-10(2)13-8-14-6-12(5)7-16(14)15(9-13)11(3)4;1-6-7(2)9(4)10(5)8(6)3;;;/h6-11H,1-5H3;1-5H3;2*1H;/q2*-1;;;+4/p-2. The summed E-state index contributed by atoms with van der Waals surface area (Å²) < 4.78 is 0. The van der Waals surface area contributed by atoms with E-state index >= 15 is 0 Å². The van der Waals surface area contributed by atoms with Crippen LogP contribution >= 0.6 is 0 Å². The van der Waals surface area contributed by atoms with Crippen molar-refractivity contribution in [3.8, 4) is 0 Å². The molecular weight excluding hydrogens is 474 g/mol. The third-order valence-corrected chi connectivity index (χ3v) is 6.12.